The van der Waals surface area contributed by atoms with E-state index in [4.69, 9.17) is 5.11 Å². The summed E-state index contributed by atoms with van der Waals surface area (Å²) in [5.74, 6) is 0.933. The van der Waals surface area contributed by atoms with Crippen molar-refractivity contribution in [2.45, 2.75) is 44.8 Å². The van der Waals surface area contributed by atoms with Crippen LogP contribution >= 0.6 is 0 Å². The first-order valence-electron chi connectivity index (χ1n) is 9.09. The Labute approximate surface area is 152 Å². The fourth-order valence-corrected chi connectivity index (χ4v) is 3.68. The molecule has 1 aliphatic carbocycles. The summed E-state index contributed by atoms with van der Waals surface area (Å²) < 4.78 is 2.94. The molecule has 0 spiro atoms. The van der Waals surface area contributed by atoms with Gasteiger partial charge in [0.15, 0.2) is 0 Å². The zero-order chi connectivity index (χ0) is 18.7. The van der Waals surface area contributed by atoms with Gasteiger partial charge in [0.1, 0.15) is 5.82 Å². The van der Waals surface area contributed by atoms with Crippen molar-refractivity contribution in [3.05, 3.63) is 51.7 Å². The highest BCUT2D eigenvalue weighted by Crippen LogP contribution is 2.27. The molecule has 0 aliphatic heterocycles. The van der Waals surface area contributed by atoms with Crippen LogP contribution < -0.4 is 11.0 Å². The van der Waals surface area contributed by atoms with Crippen LogP contribution in [0.3, 0.4) is 0 Å². The van der Waals surface area contributed by atoms with Crippen LogP contribution in [-0.2, 0) is 27.1 Å². The summed E-state index contributed by atoms with van der Waals surface area (Å²) in [5.41, 5.74) is 1.25. The van der Waals surface area contributed by atoms with Crippen LogP contribution in [-0.4, -0.2) is 31.4 Å². The monoisotopic (exact) mass is 358 g/mol. The van der Waals surface area contributed by atoms with E-state index in [1.165, 1.54) is 4.68 Å². The van der Waals surface area contributed by atoms with Crippen molar-refractivity contribution in [1.82, 2.24) is 19.7 Å². The second-order valence-corrected chi connectivity index (χ2v) is 7.07. The average Bonchev–Trinajstić information content (AvgIpc) is 2.90. The van der Waals surface area contributed by atoms with Gasteiger partial charge in [0.25, 0.3) is 5.91 Å². The Morgan fingerprint density at radius 2 is 1.92 bits per heavy atom. The standard InChI is InChI=1S/C19H26N4O3/c1-22-17(21-23(2)19(22)26)11-15-5-3-4-6-16(15)20-18(25)14-9-7-13(12-24)8-10-14/h7-10,15-16,24H,3-6,11-12H2,1-2H3,(H,20,25)/t15-,16-/m1/s1. The number of aryl methyl sites for hydroxylation is 1. The number of carbonyl (C=O) groups is 1. The van der Waals surface area contributed by atoms with E-state index in [0.29, 0.717) is 12.0 Å². The van der Waals surface area contributed by atoms with E-state index in [1.807, 2.05) is 0 Å². The molecule has 1 aromatic heterocycles. The van der Waals surface area contributed by atoms with E-state index in [0.717, 1.165) is 37.1 Å². The van der Waals surface area contributed by atoms with Gasteiger partial charge in [-0.2, -0.15) is 5.10 Å². The number of rotatable bonds is 5. The second-order valence-electron chi connectivity index (χ2n) is 7.07. The molecule has 26 heavy (non-hydrogen) atoms. The molecule has 2 N–H and O–H groups in total. The maximum Gasteiger partial charge on any atom is 0.345 e. The van der Waals surface area contributed by atoms with Crippen molar-refractivity contribution in [2.75, 3.05) is 0 Å². The van der Waals surface area contributed by atoms with Crippen LogP contribution in [0.2, 0.25) is 0 Å². The molecule has 0 bridgehead atoms. The minimum Gasteiger partial charge on any atom is -0.392 e. The summed E-state index contributed by atoms with van der Waals surface area (Å²) in [6.45, 7) is -0.0323. The van der Waals surface area contributed by atoms with Gasteiger partial charge < -0.3 is 10.4 Å². The molecule has 1 heterocycles. The maximum atomic E-state index is 12.6. The lowest BCUT2D eigenvalue weighted by molar-refractivity contribution is 0.0905. The lowest BCUT2D eigenvalue weighted by atomic mass is 9.82. The van der Waals surface area contributed by atoms with Crippen LogP contribution in [0.15, 0.2) is 29.1 Å². The third-order valence-electron chi connectivity index (χ3n) is 5.29. The topological polar surface area (TPSA) is 89.2 Å². The largest absolute Gasteiger partial charge is 0.392 e. The van der Waals surface area contributed by atoms with Gasteiger partial charge in [-0.3, -0.25) is 9.36 Å². The van der Waals surface area contributed by atoms with E-state index in [1.54, 1.807) is 42.9 Å². The van der Waals surface area contributed by atoms with Gasteiger partial charge in [-0.25, -0.2) is 9.48 Å². The summed E-state index contributed by atoms with van der Waals surface area (Å²) in [6, 6.07) is 7.07. The van der Waals surface area contributed by atoms with Gasteiger partial charge in [-0.1, -0.05) is 25.0 Å². The van der Waals surface area contributed by atoms with Crippen LogP contribution in [0.5, 0.6) is 0 Å². The highest BCUT2D eigenvalue weighted by atomic mass is 16.3. The van der Waals surface area contributed by atoms with Crippen molar-refractivity contribution >= 4 is 5.91 Å². The number of nitrogens with zero attached hydrogens (tertiary/aromatic N) is 3. The van der Waals surface area contributed by atoms with E-state index in [-0.39, 0.29) is 30.2 Å². The molecule has 1 saturated carbocycles. The molecule has 0 saturated heterocycles. The molecule has 140 valence electrons. The quantitative estimate of drug-likeness (QED) is 0.839. The second kappa shape index (κ2) is 7.86. The van der Waals surface area contributed by atoms with Crippen molar-refractivity contribution in [3.8, 4) is 0 Å². The minimum absolute atomic E-state index is 0.0323. The predicted octanol–water partition coefficient (Wildman–Crippen LogP) is 1.14. The van der Waals surface area contributed by atoms with Crippen LogP contribution in [0, 0.1) is 5.92 Å². The Bertz CT molecular complexity index is 822. The Morgan fingerprint density at radius 3 is 2.54 bits per heavy atom. The minimum atomic E-state index is -0.125. The molecule has 2 aromatic rings. The predicted molar refractivity (Wildman–Crippen MR) is 97.7 cm³/mol. The molecule has 2 atom stereocenters. The van der Waals surface area contributed by atoms with Gasteiger partial charge in [0.2, 0.25) is 0 Å². The summed E-state index contributed by atoms with van der Waals surface area (Å²) in [6.07, 6.45) is 4.85. The smallest absolute Gasteiger partial charge is 0.345 e. The molecule has 7 nitrogen and oxygen atoms in total. The molecule has 7 heteroatoms. The van der Waals surface area contributed by atoms with E-state index in [9.17, 15) is 9.59 Å². The van der Waals surface area contributed by atoms with Crippen molar-refractivity contribution in [2.24, 2.45) is 20.0 Å². The molecule has 0 radical (unpaired) electrons. The average molecular weight is 358 g/mol. The highest BCUT2D eigenvalue weighted by molar-refractivity contribution is 5.94. The lowest BCUT2D eigenvalue weighted by Gasteiger charge is -2.32. The summed E-state index contributed by atoms with van der Waals surface area (Å²) >= 11 is 0. The van der Waals surface area contributed by atoms with Crippen LogP contribution in [0.1, 0.15) is 47.4 Å². The van der Waals surface area contributed by atoms with Crippen molar-refractivity contribution < 1.29 is 9.90 Å². The van der Waals surface area contributed by atoms with Gasteiger partial charge >= 0.3 is 5.69 Å². The number of hydrogen-bond acceptors (Lipinski definition) is 4. The number of benzene rings is 1. The van der Waals surface area contributed by atoms with Gasteiger partial charge in [-0.15, -0.1) is 0 Å². The number of carbonyl (C=O) groups excluding carboxylic acids is 1. The number of hydrogen-bond donors (Lipinski definition) is 2. The Kier molecular flexibility index (Phi) is 5.56. The molecule has 1 aliphatic rings. The molecule has 3 rings (SSSR count). The van der Waals surface area contributed by atoms with Gasteiger partial charge in [0.05, 0.1) is 6.61 Å². The fraction of sp³-hybridized carbons (Fsp3) is 0.526. The molecule has 1 aromatic carbocycles. The number of aliphatic hydroxyl groups is 1. The molecule has 1 fully saturated rings. The van der Waals surface area contributed by atoms with Crippen LogP contribution in [0.4, 0.5) is 0 Å². The van der Waals surface area contributed by atoms with Crippen molar-refractivity contribution in [1.29, 1.82) is 0 Å². The Hall–Kier alpha value is -2.41. The molecular formula is C19H26N4O3. The number of amides is 1. The zero-order valence-electron chi connectivity index (χ0n) is 15.3. The SMILES string of the molecule is Cn1nc(C[C@H]2CCCC[C@H]2NC(=O)c2ccc(CO)cc2)n(C)c1=O. The van der Waals surface area contributed by atoms with Gasteiger partial charge in [-0.05, 0) is 36.5 Å². The first-order valence-corrected chi connectivity index (χ1v) is 9.09. The lowest BCUT2D eigenvalue weighted by Crippen LogP contribution is -2.43. The molecular weight excluding hydrogens is 332 g/mol. The van der Waals surface area contributed by atoms with E-state index < -0.39 is 0 Å². The summed E-state index contributed by atoms with van der Waals surface area (Å²) in [7, 11) is 3.39. The Balaban J connectivity index is 1.70. The Morgan fingerprint density at radius 1 is 1.23 bits per heavy atom. The van der Waals surface area contributed by atoms with Crippen LogP contribution in [0.25, 0.3) is 0 Å². The third-order valence-corrected chi connectivity index (χ3v) is 5.29. The first kappa shape index (κ1) is 18.4. The first-order chi connectivity index (χ1) is 12.5. The maximum absolute atomic E-state index is 12.6. The van der Waals surface area contributed by atoms with E-state index in [2.05, 4.69) is 10.4 Å². The van der Waals surface area contributed by atoms with Gasteiger partial charge in [0, 0.05) is 32.1 Å². The molecule has 0 unspecified atom stereocenters. The number of aliphatic hydroxyl groups excluding tert-OH is 1. The van der Waals surface area contributed by atoms with E-state index >= 15 is 0 Å². The zero-order valence-corrected chi connectivity index (χ0v) is 15.3. The normalized spacial score (nSPS) is 20.1. The number of nitrogens with one attached hydrogen (secondary N) is 1. The third kappa shape index (κ3) is 3.88. The highest BCUT2D eigenvalue weighted by Gasteiger charge is 2.28. The molecule has 1 amide bonds. The fourth-order valence-electron chi connectivity index (χ4n) is 3.68. The van der Waals surface area contributed by atoms with Crippen molar-refractivity contribution in [3.63, 3.8) is 0 Å². The number of aromatic nitrogens is 3. The summed E-state index contributed by atoms with van der Waals surface area (Å²) in [4.78, 5) is 24.5. The summed E-state index contributed by atoms with van der Waals surface area (Å²) in [5, 5.41) is 16.6.